The lowest BCUT2D eigenvalue weighted by Gasteiger charge is -2.46. The minimum Gasteiger partial charge on any atom is -0.394 e. The Morgan fingerprint density at radius 1 is 1.03 bits per heavy atom. The van der Waals surface area contributed by atoms with E-state index < -0.39 is 74.1 Å². The third-order valence-corrected chi connectivity index (χ3v) is 7.66. The second kappa shape index (κ2) is 11.8. The Hall–Kier alpha value is -0.990. The summed E-state index contributed by atoms with van der Waals surface area (Å²) >= 11 is 0. The molecule has 0 bridgehead atoms. The molecule has 0 unspecified atom stereocenters. The van der Waals surface area contributed by atoms with E-state index in [4.69, 9.17) is 18.9 Å². The SMILES string of the molecule is CC1=CC(=O)CC(C)(C)[C@@H]1CC[C@H](C)O[C@@H]1O[C@H](CO)[C@@H](O)[C@H](O)[C@H]1O[C@@H]1O[C@@H](C)[C@H](O)[C@@H](O)[C@@H]1O. The van der Waals surface area contributed by atoms with E-state index in [-0.39, 0.29) is 17.1 Å². The third kappa shape index (κ3) is 6.35. The molecule has 0 aromatic rings. The highest BCUT2D eigenvalue weighted by molar-refractivity contribution is 5.91. The molecule has 3 aliphatic rings. The van der Waals surface area contributed by atoms with Crippen LogP contribution >= 0.6 is 0 Å². The lowest BCUT2D eigenvalue weighted by atomic mass is 9.66. The topological polar surface area (TPSA) is 175 Å². The van der Waals surface area contributed by atoms with E-state index in [1.165, 1.54) is 6.92 Å². The van der Waals surface area contributed by atoms with E-state index in [2.05, 4.69) is 13.8 Å². The first-order chi connectivity index (χ1) is 16.8. The number of carbonyl (C=O) groups is 1. The molecule has 11 nitrogen and oxygen atoms in total. The van der Waals surface area contributed by atoms with Crippen LogP contribution in [0.5, 0.6) is 0 Å². The van der Waals surface area contributed by atoms with Gasteiger partial charge in [-0.2, -0.15) is 0 Å². The molecule has 1 aliphatic carbocycles. The average Bonchev–Trinajstić information content (AvgIpc) is 2.79. The number of carbonyl (C=O) groups excluding carboxylic acids is 1. The average molecular weight is 519 g/mol. The van der Waals surface area contributed by atoms with Crippen molar-refractivity contribution < 1.29 is 54.4 Å². The fourth-order valence-electron chi connectivity index (χ4n) is 5.50. The molecule has 0 amide bonds. The quantitative estimate of drug-likeness (QED) is 0.242. The molecule has 11 heteroatoms. The van der Waals surface area contributed by atoms with E-state index in [0.717, 1.165) is 12.0 Å². The maximum atomic E-state index is 12.0. The Bertz CT molecular complexity index is 786. The summed E-state index contributed by atoms with van der Waals surface area (Å²) in [5.41, 5.74) is 0.831. The first-order valence-corrected chi connectivity index (χ1v) is 12.6. The van der Waals surface area contributed by atoms with Crippen LogP contribution in [0.2, 0.25) is 0 Å². The van der Waals surface area contributed by atoms with Crippen LogP contribution in [0.1, 0.15) is 53.9 Å². The van der Waals surface area contributed by atoms with Crippen LogP contribution in [0.3, 0.4) is 0 Å². The molecular weight excluding hydrogens is 476 g/mol. The Morgan fingerprint density at radius 2 is 1.69 bits per heavy atom. The second-order valence-corrected chi connectivity index (χ2v) is 11.1. The van der Waals surface area contributed by atoms with Crippen molar-refractivity contribution >= 4 is 5.78 Å². The van der Waals surface area contributed by atoms with Crippen LogP contribution in [0.15, 0.2) is 11.6 Å². The van der Waals surface area contributed by atoms with Gasteiger partial charge in [0.05, 0.1) is 18.8 Å². The fraction of sp³-hybridized carbons (Fsp3) is 0.880. The van der Waals surface area contributed by atoms with Crippen molar-refractivity contribution in [3.8, 4) is 0 Å². The molecule has 2 heterocycles. The Morgan fingerprint density at radius 3 is 2.31 bits per heavy atom. The Kier molecular flexibility index (Phi) is 9.70. The minimum atomic E-state index is -1.62. The molecule has 208 valence electrons. The highest BCUT2D eigenvalue weighted by Crippen LogP contribution is 2.42. The molecule has 0 spiro atoms. The summed E-state index contributed by atoms with van der Waals surface area (Å²) in [6.45, 7) is 8.83. The summed E-state index contributed by atoms with van der Waals surface area (Å²) in [6, 6.07) is 0. The van der Waals surface area contributed by atoms with Gasteiger partial charge in [0.15, 0.2) is 18.4 Å². The predicted molar refractivity (Wildman–Crippen MR) is 125 cm³/mol. The van der Waals surface area contributed by atoms with Crippen LogP contribution in [-0.4, -0.2) is 111 Å². The molecule has 6 N–H and O–H groups in total. The van der Waals surface area contributed by atoms with Gasteiger partial charge in [-0.25, -0.2) is 0 Å². The minimum absolute atomic E-state index is 0.121. The first-order valence-electron chi connectivity index (χ1n) is 12.6. The van der Waals surface area contributed by atoms with Crippen LogP contribution in [0, 0.1) is 11.3 Å². The normalized spacial score (nSPS) is 44.2. The van der Waals surface area contributed by atoms with E-state index in [1.54, 1.807) is 6.08 Å². The maximum absolute atomic E-state index is 12.0. The number of allylic oxidation sites excluding steroid dienone is 2. The van der Waals surface area contributed by atoms with E-state index in [0.29, 0.717) is 12.8 Å². The van der Waals surface area contributed by atoms with Gasteiger partial charge in [0, 0.05) is 6.42 Å². The van der Waals surface area contributed by atoms with Crippen LogP contribution in [-0.2, 0) is 23.7 Å². The summed E-state index contributed by atoms with van der Waals surface area (Å²) < 4.78 is 23.0. The maximum Gasteiger partial charge on any atom is 0.187 e. The summed E-state index contributed by atoms with van der Waals surface area (Å²) in [7, 11) is 0. The van der Waals surface area contributed by atoms with Crippen molar-refractivity contribution in [1.29, 1.82) is 0 Å². The van der Waals surface area contributed by atoms with Gasteiger partial charge in [0.1, 0.15) is 42.7 Å². The van der Waals surface area contributed by atoms with Crippen molar-refractivity contribution in [2.75, 3.05) is 6.61 Å². The monoisotopic (exact) mass is 518 g/mol. The zero-order valence-corrected chi connectivity index (χ0v) is 21.6. The Labute approximate surface area is 211 Å². The molecule has 3 rings (SSSR count). The van der Waals surface area contributed by atoms with Gasteiger partial charge in [-0.05, 0) is 51.0 Å². The molecule has 2 fully saturated rings. The standard InChI is InChI=1S/C25H42O11/c1-11-8-14(27)9-25(4,5)15(11)7-6-12(2)33-24-22(20(31)18(29)16(10-26)35-24)36-23-21(32)19(30)17(28)13(3)34-23/h8,12-13,15-24,26,28-32H,6-7,9-10H2,1-5H3/t12-,13-,15+,16+,17-,18+,19+,20-,21-,22+,23-,24+/m0/s1. The first kappa shape index (κ1) is 29.6. The van der Waals surface area contributed by atoms with Crippen molar-refractivity contribution in [2.45, 2.75) is 121 Å². The summed E-state index contributed by atoms with van der Waals surface area (Å²) in [4.78, 5) is 12.0. The zero-order chi connectivity index (χ0) is 26.9. The lowest BCUT2D eigenvalue weighted by molar-refractivity contribution is -0.368. The summed E-state index contributed by atoms with van der Waals surface area (Å²) in [6.07, 6.45) is -10.5. The fourth-order valence-corrected chi connectivity index (χ4v) is 5.50. The molecule has 12 atom stereocenters. The van der Waals surface area contributed by atoms with Crippen molar-refractivity contribution in [1.82, 2.24) is 0 Å². The highest BCUT2D eigenvalue weighted by atomic mass is 16.8. The number of rotatable bonds is 8. The van der Waals surface area contributed by atoms with Gasteiger partial charge in [-0.3, -0.25) is 4.79 Å². The van der Waals surface area contributed by atoms with Gasteiger partial charge in [0.2, 0.25) is 0 Å². The molecule has 36 heavy (non-hydrogen) atoms. The number of hydrogen-bond donors (Lipinski definition) is 6. The van der Waals surface area contributed by atoms with Crippen molar-refractivity contribution in [2.24, 2.45) is 11.3 Å². The van der Waals surface area contributed by atoms with Gasteiger partial charge in [0.25, 0.3) is 0 Å². The summed E-state index contributed by atoms with van der Waals surface area (Å²) in [5.74, 6) is 0.300. The Balaban J connectivity index is 1.70. The van der Waals surface area contributed by atoms with Gasteiger partial charge in [-0.15, -0.1) is 0 Å². The number of aliphatic hydroxyl groups excluding tert-OH is 6. The molecule has 2 aliphatic heterocycles. The van der Waals surface area contributed by atoms with E-state index >= 15 is 0 Å². The molecular formula is C25H42O11. The molecule has 0 radical (unpaired) electrons. The number of ketones is 1. The van der Waals surface area contributed by atoms with Crippen molar-refractivity contribution in [3.05, 3.63) is 11.6 Å². The summed E-state index contributed by atoms with van der Waals surface area (Å²) in [5, 5.41) is 61.1. The molecule has 0 aromatic carbocycles. The zero-order valence-electron chi connectivity index (χ0n) is 21.6. The molecule has 2 saturated heterocycles. The van der Waals surface area contributed by atoms with E-state index in [9.17, 15) is 35.4 Å². The number of ether oxygens (including phenoxy) is 4. The second-order valence-electron chi connectivity index (χ2n) is 11.1. The number of aliphatic hydroxyl groups is 6. The third-order valence-electron chi connectivity index (χ3n) is 7.66. The van der Waals surface area contributed by atoms with E-state index in [1.807, 2.05) is 13.8 Å². The molecule has 0 aromatic heterocycles. The smallest absolute Gasteiger partial charge is 0.187 e. The number of hydrogen-bond acceptors (Lipinski definition) is 11. The van der Waals surface area contributed by atoms with Crippen LogP contribution in [0.25, 0.3) is 0 Å². The molecule has 0 saturated carbocycles. The van der Waals surface area contributed by atoms with Crippen LogP contribution < -0.4 is 0 Å². The highest BCUT2D eigenvalue weighted by Gasteiger charge is 2.50. The largest absolute Gasteiger partial charge is 0.394 e. The van der Waals surface area contributed by atoms with Gasteiger partial charge < -0.3 is 49.6 Å². The van der Waals surface area contributed by atoms with Crippen molar-refractivity contribution in [3.63, 3.8) is 0 Å². The van der Waals surface area contributed by atoms with Crippen LogP contribution in [0.4, 0.5) is 0 Å². The van der Waals surface area contributed by atoms with Gasteiger partial charge >= 0.3 is 0 Å². The predicted octanol–water partition coefficient (Wildman–Crippen LogP) is -0.615. The lowest BCUT2D eigenvalue weighted by Crippen LogP contribution is -2.64. The van der Waals surface area contributed by atoms with Gasteiger partial charge in [-0.1, -0.05) is 19.4 Å².